The van der Waals surface area contributed by atoms with Crippen molar-refractivity contribution in [3.8, 4) is 0 Å². The van der Waals surface area contributed by atoms with Gasteiger partial charge in [-0.3, -0.25) is 0 Å². The Balaban J connectivity index is 1.45. The van der Waals surface area contributed by atoms with E-state index < -0.39 is 0 Å². The van der Waals surface area contributed by atoms with Crippen LogP contribution in [0.15, 0.2) is 0 Å². The summed E-state index contributed by atoms with van der Waals surface area (Å²) in [6.07, 6.45) is 0.137. The van der Waals surface area contributed by atoms with Gasteiger partial charge in [-0.2, -0.15) is 0 Å². The molecular weight excluding hydrogens is 200 g/mol. The van der Waals surface area contributed by atoms with Gasteiger partial charge in [0.2, 0.25) is 0 Å². The Labute approximate surface area is 89.6 Å². The highest BCUT2D eigenvalue weighted by Gasteiger charge is 2.27. The lowest BCUT2D eigenvalue weighted by Gasteiger charge is -2.14. The van der Waals surface area contributed by atoms with Gasteiger partial charge in [0.05, 0.1) is 25.4 Å². The first-order valence-corrected chi connectivity index (χ1v) is 5.36. The standard InChI is InChI=1S/C10H18O5/c1-7(14-9-5-12-9)3-11-4-8(2)15-10-6-13-10/h7-10H,3-6H2,1-2H3. The van der Waals surface area contributed by atoms with Gasteiger partial charge in [-0.1, -0.05) is 0 Å². The Morgan fingerprint density at radius 1 is 1.00 bits per heavy atom. The predicted molar refractivity (Wildman–Crippen MR) is 51.4 cm³/mol. The summed E-state index contributed by atoms with van der Waals surface area (Å²) in [6, 6.07) is 0. The molecule has 0 aliphatic carbocycles. The van der Waals surface area contributed by atoms with Crippen LogP contribution in [-0.2, 0) is 23.7 Å². The van der Waals surface area contributed by atoms with Crippen molar-refractivity contribution in [3.05, 3.63) is 0 Å². The van der Waals surface area contributed by atoms with Gasteiger partial charge in [-0.15, -0.1) is 0 Å². The zero-order chi connectivity index (χ0) is 10.7. The first kappa shape index (κ1) is 11.3. The van der Waals surface area contributed by atoms with Crippen molar-refractivity contribution < 1.29 is 23.7 Å². The molecule has 88 valence electrons. The van der Waals surface area contributed by atoms with Crippen LogP contribution in [0.25, 0.3) is 0 Å². The van der Waals surface area contributed by atoms with Crippen LogP contribution in [0.3, 0.4) is 0 Å². The second kappa shape index (κ2) is 5.23. The number of hydrogen-bond acceptors (Lipinski definition) is 5. The lowest BCUT2D eigenvalue weighted by molar-refractivity contribution is -0.0804. The summed E-state index contributed by atoms with van der Waals surface area (Å²) in [5.41, 5.74) is 0. The minimum absolute atomic E-state index is 0.00265. The molecule has 5 heteroatoms. The lowest BCUT2D eigenvalue weighted by atomic mass is 10.4. The van der Waals surface area contributed by atoms with Crippen LogP contribution in [-0.4, -0.2) is 51.2 Å². The third kappa shape index (κ3) is 4.90. The number of epoxide rings is 2. The smallest absolute Gasteiger partial charge is 0.181 e. The highest BCUT2D eigenvalue weighted by Crippen LogP contribution is 2.14. The van der Waals surface area contributed by atoms with Crippen molar-refractivity contribution in [2.75, 3.05) is 26.4 Å². The predicted octanol–water partition coefficient (Wildman–Crippen LogP) is 0.526. The number of hydrogen-bond donors (Lipinski definition) is 0. The highest BCUT2D eigenvalue weighted by molar-refractivity contribution is 4.61. The molecule has 0 saturated carbocycles. The minimum atomic E-state index is -0.00265. The summed E-state index contributed by atoms with van der Waals surface area (Å²) in [6.45, 7) is 6.50. The van der Waals surface area contributed by atoms with Gasteiger partial charge in [0, 0.05) is 0 Å². The molecule has 0 radical (unpaired) electrons. The van der Waals surface area contributed by atoms with E-state index in [1.54, 1.807) is 0 Å². The normalized spacial score (nSPS) is 32.4. The first-order chi connectivity index (χ1) is 7.24. The molecule has 2 aliphatic rings. The molecule has 2 aliphatic heterocycles. The Morgan fingerprint density at radius 3 is 1.73 bits per heavy atom. The van der Waals surface area contributed by atoms with E-state index in [1.165, 1.54) is 0 Å². The Hall–Kier alpha value is -0.200. The molecule has 0 N–H and O–H groups in total. The van der Waals surface area contributed by atoms with Crippen LogP contribution in [0.4, 0.5) is 0 Å². The summed E-state index contributed by atoms with van der Waals surface area (Å²) in [5.74, 6) is 0. The largest absolute Gasteiger partial charge is 0.376 e. The highest BCUT2D eigenvalue weighted by atomic mass is 16.8. The Bertz CT molecular complexity index is 170. The van der Waals surface area contributed by atoms with E-state index in [1.807, 2.05) is 13.8 Å². The van der Waals surface area contributed by atoms with Gasteiger partial charge in [0.25, 0.3) is 0 Å². The van der Waals surface area contributed by atoms with Crippen molar-refractivity contribution in [1.29, 1.82) is 0 Å². The molecule has 2 heterocycles. The van der Waals surface area contributed by atoms with Crippen molar-refractivity contribution in [2.24, 2.45) is 0 Å². The zero-order valence-electron chi connectivity index (χ0n) is 9.18. The van der Waals surface area contributed by atoms with E-state index in [0.29, 0.717) is 26.4 Å². The second-order valence-corrected chi connectivity index (χ2v) is 3.96. The second-order valence-electron chi connectivity index (χ2n) is 3.96. The fourth-order valence-corrected chi connectivity index (χ4v) is 1.23. The van der Waals surface area contributed by atoms with Crippen LogP contribution < -0.4 is 0 Å². The summed E-state index contributed by atoms with van der Waals surface area (Å²) >= 11 is 0. The molecule has 0 bridgehead atoms. The minimum Gasteiger partial charge on any atom is -0.376 e. The van der Waals surface area contributed by atoms with E-state index in [2.05, 4.69) is 0 Å². The number of ether oxygens (including phenoxy) is 5. The molecule has 2 rings (SSSR count). The van der Waals surface area contributed by atoms with Crippen molar-refractivity contribution in [2.45, 2.75) is 38.6 Å². The van der Waals surface area contributed by atoms with Gasteiger partial charge in [-0.05, 0) is 13.8 Å². The molecular formula is C10H18O5. The summed E-state index contributed by atoms with van der Waals surface area (Å²) < 4.78 is 26.2. The quantitative estimate of drug-likeness (QED) is 0.556. The van der Waals surface area contributed by atoms with Crippen LogP contribution >= 0.6 is 0 Å². The molecule has 0 amide bonds. The molecule has 2 fully saturated rings. The molecule has 0 spiro atoms. The number of rotatable bonds is 8. The molecule has 0 aromatic carbocycles. The van der Waals surface area contributed by atoms with Gasteiger partial charge < -0.3 is 23.7 Å². The van der Waals surface area contributed by atoms with Gasteiger partial charge in [-0.25, -0.2) is 0 Å². The van der Waals surface area contributed by atoms with Gasteiger partial charge in [0.1, 0.15) is 13.2 Å². The maximum Gasteiger partial charge on any atom is 0.181 e. The maximum absolute atomic E-state index is 5.45. The molecule has 5 nitrogen and oxygen atoms in total. The Kier molecular flexibility index (Phi) is 3.93. The van der Waals surface area contributed by atoms with Crippen molar-refractivity contribution in [1.82, 2.24) is 0 Å². The Morgan fingerprint density at radius 2 is 1.40 bits per heavy atom. The van der Waals surface area contributed by atoms with Crippen LogP contribution in [0.1, 0.15) is 13.8 Å². The lowest BCUT2D eigenvalue weighted by Crippen LogP contribution is -2.23. The van der Waals surface area contributed by atoms with E-state index in [9.17, 15) is 0 Å². The van der Waals surface area contributed by atoms with E-state index in [0.717, 1.165) is 0 Å². The summed E-state index contributed by atoms with van der Waals surface area (Å²) in [4.78, 5) is 0. The van der Waals surface area contributed by atoms with E-state index >= 15 is 0 Å². The average Bonchev–Trinajstić information content (AvgIpc) is 2.99. The van der Waals surface area contributed by atoms with Crippen molar-refractivity contribution in [3.63, 3.8) is 0 Å². The fourth-order valence-electron chi connectivity index (χ4n) is 1.23. The third-order valence-electron chi connectivity index (χ3n) is 2.08. The molecule has 0 aromatic heterocycles. The van der Waals surface area contributed by atoms with Gasteiger partial charge >= 0.3 is 0 Å². The van der Waals surface area contributed by atoms with Crippen LogP contribution in [0.2, 0.25) is 0 Å². The molecule has 4 atom stereocenters. The summed E-state index contributed by atoms with van der Waals surface area (Å²) in [5, 5.41) is 0. The monoisotopic (exact) mass is 218 g/mol. The van der Waals surface area contributed by atoms with Gasteiger partial charge in [0.15, 0.2) is 12.6 Å². The molecule has 15 heavy (non-hydrogen) atoms. The van der Waals surface area contributed by atoms with E-state index in [4.69, 9.17) is 23.7 Å². The fraction of sp³-hybridized carbons (Fsp3) is 1.00. The first-order valence-electron chi connectivity index (χ1n) is 5.36. The molecule has 4 unspecified atom stereocenters. The van der Waals surface area contributed by atoms with Crippen LogP contribution in [0.5, 0.6) is 0 Å². The zero-order valence-corrected chi connectivity index (χ0v) is 9.18. The third-order valence-corrected chi connectivity index (χ3v) is 2.08. The van der Waals surface area contributed by atoms with Crippen LogP contribution in [0, 0.1) is 0 Å². The van der Waals surface area contributed by atoms with E-state index in [-0.39, 0.29) is 24.8 Å². The summed E-state index contributed by atoms with van der Waals surface area (Å²) in [7, 11) is 0. The SMILES string of the molecule is CC(COCC(C)OC1CO1)OC1CO1. The molecule has 0 aromatic rings. The topological polar surface area (TPSA) is 52.8 Å². The average molecular weight is 218 g/mol. The maximum atomic E-state index is 5.45. The van der Waals surface area contributed by atoms with Crippen molar-refractivity contribution >= 4 is 0 Å². The molecule has 2 saturated heterocycles.